The van der Waals surface area contributed by atoms with Crippen molar-refractivity contribution in [3.05, 3.63) is 29.3 Å². The van der Waals surface area contributed by atoms with Crippen LogP contribution in [0.5, 0.6) is 5.75 Å². The first-order chi connectivity index (χ1) is 10.2. The normalized spacial score (nSPS) is 17.1. The summed E-state index contributed by atoms with van der Waals surface area (Å²) in [4.78, 5) is 11.4. The molecule has 0 saturated carbocycles. The third-order valence-electron chi connectivity index (χ3n) is 3.85. The summed E-state index contributed by atoms with van der Waals surface area (Å²) in [5.41, 5.74) is 2.78. The van der Waals surface area contributed by atoms with Crippen molar-refractivity contribution in [3.8, 4) is 5.75 Å². The summed E-state index contributed by atoms with van der Waals surface area (Å²) in [6.07, 6.45) is 3.95. The lowest BCUT2D eigenvalue weighted by atomic mass is 9.87. The first kappa shape index (κ1) is 15.8. The van der Waals surface area contributed by atoms with Gasteiger partial charge in [-0.1, -0.05) is 13.0 Å². The van der Waals surface area contributed by atoms with Crippen molar-refractivity contribution in [3.63, 3.8) is 0 Å². The van der Waals surface area contributed by atoms with Crippen LogP contribution in [0.25, 0.3) is 0 Å². The molecule has 0 fully saturated rings. The third-order valence-corrected chi connectivity index (χ3v) is 3.85. The van der Waals surface area contributed by atoms with Gasteiger partial charge in [-0.3, -0.25) is 4.79 Å². The van der Waals surface area contributed by atoms with E-state index in [0.717, 1.165) is 18.7 Å². The Morgan fingerprint density at radius 2 is 2.19 bits per heavy atom. The highest BCUT2D eigenvalue weighted by atomic mass is 16.5. The molecule has 1 unspecified atom stereocenters. The Labute approximate surface area is 127 Å². The lowest BCUT2D eigenvalue weighted by molar-refractivity contribution is -0.121. The minimum atomic E-state index is 0.0441. The number of fused-ring (bicyclic) bond motifs is 1. The lowest BCUT2D eigenvalue weighted by Gasteiger charge is -2.26. The van der Waals surface area contributed by atoms with Crippen molar-refractivity contribution in [2.45, 2.75) is 45.6 Å². The lowest BCUT2D eigenvalue weighted by Crippen LogP contribution is -2.25. The van der Waals surface area contributed by atoms with Crippen LogP contribution in [0.1, 0.15) is 50.3 Å². The zero-order valence-electron chi connectivity index (χ0n) is 13.1. The van der Waals surface area contributed by atoms with Crippen LogP contribution in [-0.2, 0) is 11.2 Å². The summed E-state index contributed by atoms with van der Waals surface area (Å²) in [6, 6.07) is 6.80. The van der Waals surface area contributed by atoms with E-state index in [0.29, 0.717) is 25.6 Å². The Bertz CT molecular complexity index is 474. The van der Waals surface area contributed by atoms with Crippen LogP contribution in [0.2, 0.25) is 0 Å². The quantitative estimate of drug-likeness (QED) is 0.811. The van der Waals surface area contributed by atoms with Gasteiger partial charge in [-0.15, -0.1) is 0 Å². The first-order valence-electron chi connectivity index (χ1n) is 8.00. The molecule has 0 radical (unpaired) electrons. The van der Waals surface area contributed by atoms with Crippen molar-refractivity contribution in [2.24, 2.45) is 0 Å². The molecule has 2 rings (SSSR count). The predicted molar refractivity (Wildman–Crippen MR) is 84.6 cm³/mol. The maximum absolute atomic E-state index is 11.4. The Morgan fingerprint density at radius 3 is 2.95 bits per heavy atom. The first-order valence-corrected chi connectivity index (χ1v) is 8.00. The molecule has 1 aliphatic rings. The van der Waals surface area contributed by atoms with Crippen LogP contribution in [0, 0.1) is 0 Å². The molecular formula is C17H26N2O2. The topological polar surface area (TPSA) is 50.4 Å². The van der Waals surface area contributed by atoms with E-state index in [4.69, 9.17) is 4.74 Å². The second kappa shape index (κ2) is 8.03. The molecule has 1 amide bonds. The molecule has 116 valence electrons. The van der Waals surface area contributed by atoms with Crippen molar-refractivity contribution in [1.82, 2.24) is 10.6 Å². The predicted octanol–water partition coefficient (Wildman–Crippen LogP) is 2.58. The van der Waals surface area contributed by atoms with Gasteiger partial charge in [-0.25, -0.2) is 0 Å². The summed E-state index contributed by atoms with van der Waals surface area (Å²) in [7, 11) is 0. The maximum Gasteiger partial charge on any atom is 0.223 e. The number of amides is 1. The smallest absolute Gasteiger partial charge is 0.223 e. The molecule has 0 aliphatic heterocycles. The molecule has 4 nitrogen and oxygen atoms in total. The minimum Gasteiger partial charge on any atom is -0.493 e. The average molecular weight is 290 g/mol. The van der Waals surface area contributed by atoms with Crippen molar-refractivity contribution < 1.29 is 9.53 Å². The number of carbonyl (C=O) groups excluding carboxylic acids is 1. The second-order valence-corrected chi connectivity index (χ2v) is 5.42. The zero-order chi connectivity index (χ0) is 15.1. The average Bonchev–Trinajstić information content (AvgIpc) is 2.48. The van der Waals surface area contributed by atoms with Crippen LogP contribution >= 0.6 is 0 Å². The van der Waals surface area contributed by atoms with Crippen LogP contribution in [-0.4, -0.2) is 25.6 Å². The van der Waals surface area contributed by atoms with E-state index in [1.807, 2.05) is 13.0 Å². The van der Waals surface area contributed by atoms with Crippen LogP contribution in [0.15, 0.2) is 18.2 Å². The number of hydrogen-bond acceptors (Lipinski definition) is 3. The summed E-state index contributed by atoms with van der Waals surface area (Å²) in [6.45, 7) is 6.16. The molecule has 0 spiro atoms. The molecule has 1 aromatic carbocycles. The summed E-state index contributed by atoms with van der Waals surface area (Å²) < 4.78 is 5.70. The Balaban J connectivity index is 1.93. The van der Waals surface area contributed by atoms with Gasteiger partial charge >= 0.3 is 0 Å². The molecule has 4 heteroatoms. The van der Waals surface area contributed by atoms with Crippen LogP contribution < -0.4 is 15.4 Å². The Hall–Kier alpha value is -1.55. The van der Waals surface area contributed by atoms with Crippen molar-refractivity contribution in [2.75, 3.05) is 19.7 Å². The zero-order valence-corrected chi connectivity index (χ0v) is 13.1. The molecular weight excluding hydrogens is 264 g/mol. The molecule has 0 saturated heterocycles. The Morgan fingerprint density at radius 1 is 1.33 bits per heavy atom. The standard InChI is InChI=1S/C17H26N2O2/c1-3-18-16-7-5-6-13-12-14(8-9-15(13)16)21-11-10-17(20)19-4-2/h8-9,12,16,18H,3-7,10-11H2,1-2H3,(H,19,20). The van der Waals surface area contributed by atoms with Gasteiger partial charge in [0, 0.05) is 12.6 Å². The maximum atomic E-state index is 11.4. The SMILES string of the molecule is CCNC(=O)CCOc1ccc2c(c1)CCCC2NCC. The van der Waals surface area contributed by atoms with Gasteiger partial charge in [-0.05, 0) is 56.0 Å². The monoisotopic (exact) mass is 290 g/mol. The molecule has 1 atom stereocenters. The summed E-state index contributed by atoms with van der Waals surface area (Å²) >= 11 is 0. The van der Waals surface area contributed by atoms with E-state index in [2.05, 4.69) is 29.7 Å². The van der Waals surface area contributed by atoms with E-state index in [1.165, 1.54) is 24.0 Å². The third kappa shape index (κ3) is 4.46. The fraction of sp³-hybridized carbons (Fsp3) is 0.588. The fourth-order valence-electron chi connectivity index (χ4n) is 2.89. The molecule has 0 aromatic heterocycles. The number of rotatable bonds is 7. The highest BCUT2D eigenvalue weighted by Gasteiger charge is 2.19. The van der Waals surface area contributed by atoms with E-state index >= 15 is 0 Å². The largest absolute Gasteiger partial charge is 0.493 e. The van der Waals surface area contributed by atoms with Crippen molar-refractivity contribution in [1.29, 1.82) is 0 Å². The molecule has 0 bridgehead atoms. The highest BCUT2D eigenvalue weighted by molar-refractivity contribution is 5.75. The number of hydrogen-bond donors (Lipinski definition) is 2. The van der Waals surface area contributed by atoms with Gasteiger partial charge in [0.2, 0.25) is 5.91 Å². The molecule has 1 aromatic rings. The van der Waals surface area contributed by atoms with Gasteiger partial charge in [0.25, 0.3) is 0 Å². The fourth-order valence-corrected chi connectivity index (χ4v) is 2.89. The van der Waals surface area contributed by atoms with Gasteiger partial charge in [0.1, 0.15) is 5.75 Å². The summed E-state index contributed by atoms with van der Waals surface area (Å²) in [5, 5.41) is 6.31. The van der Waals surface area contributed by atoms with Gasteiger partial charge in [0.05, 0.1) is 13.0 Å². The van der Waals surface area contributed by atoms with Gasteiger partial charge in [-0.2, -0.15) is 0 Å². The molecule has 21 heavy (non-hydrogen) atoms. The van der Waals surface area contributed by atoms with E-state index < -0.39 is 0 Å². The minimum absolute atomic E-state index is 0.0441. The highest BCUT2D eigenvalue weighted by Crippen LogP contribution is 2.32. The van der Waals surface area contributed by atoms with Crippen molar-refractivity contribution >= 4 is 5.91 Å². The van der Waals surface area contributed by atoms with Gasteiger partial charge in [0.15, 0.2) is 0 Å². The summed E-state index contributed by atoms with van der Waals surface area (Å²) in [5.74, 6) is 0.915. The second-order valence-electron chi connectivity index (χ2n) is 5.42. The van der Waals surface area contributed by atoms with E-state index in [-0.39, 0.29) is 5.91 Å². The Kier molecular flexibility index (Phi) is 6.05. The van der Waals surface area contributed by atoms with E-state index in [9.17, 15) is 4.79 Å². The molecule has 1 aliphatic carbocycles. The number of ether oxygens (including phenoxy) is 1. The van der Waals surface area contributed by atoms with Crippen LogP contribution in [0.3, 0.4) is 0 Å². The number of aryl methyl sites for hydroxylation is 1. The van der Waals surface area contributed by atoms with Gasteiger partial charge < -0.3 is 15.4 Å². The number of nitrogens with one attached hydrogen (secondary N) is 2. The van der Waals surface area contributed by atoms with Crippen LogP contribution in [0.4, 0.5) is 0 Å². The molecule has 0 heterocycles. The number of carbonyl (C=O) groups is 1. The number of benzene rings is 1. The molecule has 2 N–H and O–H groups in total. The van der Waals surface area contributed by atoms with E-state index in [1.54, 1.807) is 0 Å².